The van der Waals surface area contributed by atoms with E-state index in [1.807, 2.05) is 0 Å². The Labute approximate surface area is 118 Å². The standard InChI is InChI=1S/C10H18F6NO3P/c1-7(2)17(21(18,19)20)4-3-8(5-9(11,12)13)6-10(14,15)16/h7-8H,3-6H2,1-2H3,(H2,18,19,20). The average Bonchev–Trinajstić information content (AvgIpc) is 2.08. The summed E-state index contributed by atoms with van der Waals surface area (Å²) in [6, 6.07) is -0.705. The maximum Gasteiger partial charge on any atom is 0.403 e. The summed E-state index contributed by atoms with van der Waals surface area (Å²) in [6.45, 7) is 2.24. The minimum Gasteiger partial charge on any atom is -0.312 e. The van der Waals surface area contributed by atoms with Gasteiger partial charge in [0, 0.05) is 25.4 Å². The van der Waals surface area contributed by atoms with Gasteiger partial charge in [-0.1, -0.05) is 0 Å². The molecule has 21 heavy (non-hydrogen) atoms. The van der Waals surface area contributed by atoms with Crippen molar-refractivity contribution in [2.45, 2.75) is 51.5 Å². The van der Waals surface area contributed by atoms with E-state index >= 15 is 0 Å². The van der Waals surface area contributed by atoms with Crippen molar-refractivity contribution < 1.29 is 40.7 Å². The molecule has 0 aliphatic heterocycles. The Kier molecular flexibility index (Phi) is 7.19. The summed E-state index contributed by atoms with van der Waals surface area (Å²) < 4.78 is 85.3. The van der Waals surface area contributed by atoms with Crippen molar-refractivity contribution in [3.05, 3.63) is 0 Å². The zero-order valence-electron chi connectivity index (χ0n) is 11.4. The fraction of sp³-hybridized carbons (Fsp3) is 1.00. The van der Waals surface area contributed by atoms with Crippen LogP contribution in [0.5, 0.6) is 0 Å². The molecule has 0 amide bonds. The van der Waals surface area contributed by atoms with Gasteiger partial charge >= 0.3 is 20.1 Å². The highest BCUT2D eigenvalue weighted by Crippen LogP contribution is 2.43. The lowest BCUT2D eigenvalue weighted by atomic mass is 9.96. The summed E-state index contributed by atoms with van der Waals surface area (Å²) in [4.78, 5) is 18.0. The van der Waals surface area contributed by atoms with Crippen molar-refractivity contribution in [3.8, 4) is 0 Å². The second-order valence-electron chi connectivity index (χ2n) is 5.06. The first kappa shape index (κ1) is 20.7. The largest absolute Gasteiger partial charge is 0.403 e. The molecule has 0 aliphatic rings. The van der Waals surface area contributed by atoms with Crippen molar-refractivity contribution in [1.29, 1.82) is 0 Å². The number of hydrogen-bond acceptors (Lipinski definition) is 1. The van der Waals surface area contributed by atoms with Gasteiger partial charge in [0.2, 0.25) is 0 Å². The topological polar surface area (TPSA) is 60.8 Å². The van der Waals surface area contributed by atoms with Gasteiger partial charge in [0.25, 0.3) is 0 Å². The molecule has 0 atom stereocenters. The molecule has 0 unspecified atom stereocenters. The minimum atomic E-state index is -4.76. The Hall–Kier alpha value is -0.310. The van der Waals surface area contributed by atoms with Gasteiger partial charge < -0.3 is 9.79 Å². The lowest BCUT2D eigenvalue weighted by Crippen LogP contribution is -2.31. The third-order valence-electron chi connectivity index (χ3n) is 2.74. The van der Waals surface area contributed by atoms with E-state index in [1.54, 1.807) is 0 Å². The zero-order valence-corrected chi connectivity index (χ0v) is 12.3. The maximum atomic E-state index is 12.3. The molecule has 0 radical (unpaired) electrons. The fourth-order valence-corrected chi connectivity index (χ4v) is 2.91. The van der Waals surface area contributed by atoms with Crippen molar-refractivity contribution >= 4 is 7.75 Å². The molecule has 0 saturated carbocycles. The van der Waals surface area contributed by atoms with Crippen LogP contribution in [-0.4, -0.2) is 39.4 Å². The second kappa shape index (κ2) is 7.30. The Morgan fingerprint density at radius 2 is 1.38 bits per heavy atom. The van der Waals surface area contributed by atoms with Gasteiger partial charge in [0.05, 0.1) is 0 Å². The molecule has 4 nitrogen and oxygen atoms in total. The van der Waals surface area contributed by atoms with E-state index in [0.29, 0.717) is 4.67 Å². The fourth-order valence-electron chi connectivity index (χ4n) is 1.94. The molecule has 0 saturated heterocycles. The van der Waals surface area contributed by atoms with E-state index in [9.17, 15) is 30.9 Å². The number of rotatable bonds is 7. The Balaban J connectivity index is 4.85. The Bertz CT molecular complexity index is 349. The quantitative estimate of drug-likeness (QED) is 0.546. The van der Waals surface area contributed by atoms with Crippen molar-refractivity contribution in [2.75, 3.05) is 6.54 Å². The molecular weight excluding hydrogens is 327 g/mol. The third kappa shape index (κ3) is 10.1. The van der Waals surface area contributed by atoms with Crippen LogP contribution in [0.4, 0.5) is 26.3 Å². The molecule has 2 N–H and O–H groups in total. The van der Waals surface area contributed by atoms with E-state index in [-0.39, 0.29) is 0 Å². The highest BCUT2D eigenvalue weighted by Gasteiger charge is 2.39. The lowest BCUT2D eigenvalue weighted by molar-refractivity contribution is -0.173. The second-order valence-corrected chi connectivity index (χ2v) is 6.60. The van der Waals surface area contributed by atoms with Crippen LogP contribution in [-0.2, 0) is 4.57 Å². The Morgan fingerprint density at radius 1 is 1.00 bits per heavy atom. The molecule has 0 spiro atoms. The highest BCUT2D eigenvalue weighted by molar-refractivity contribution is 7.49. The lowest BCUT2D eigenvalue weighted by Gasteiger charge is -2.29. The molecule has 0 fully saturated rings. The molecule has 0 rings (SSSR count). The van der Waals surface area contributed by atoms with Gasteiger partial charge in [0.1, 0.15) is 0 Å². The average molecular weight is 345 g/mol. The first-order chi connectivity index (χ1) is 9.12. The minimum absolute atomic E-state index is 0.543. The predicted octanol–water partition coefficient (Wildman–Crippen LogP) is 3.70. The molecule has 128 valence electrons. The van der Waals surface area contributed by atoms with Crippen LogP contribution < -0.4 is 0 Å². The van der Waals surface area contributed by atoms with Crippen molar-refractivity contribution in [3.63, 3.8) is 0 Å². The molecule has 11 heteroatoms. The first-order valence-corrected chi connectivity index (χ1v) is 7.64. The molecule has 0 aromatic carbocycles. The number of halogens is 6. The van der Waals surface area contributed by atoms with Crippen LogP contribution >= 0.6 is 7.75 Å². The third-order valence-corrected chi connectivity index (χ3v) is 4.07. The smallest absolute Gasteiger partial charge is 0.312 e. The van der Waals surface area contributed by atoms with Gasteiger partial charge in [0.15, 0.2) is 0 Å². The van der Waals surface area contributed by atoms with E-state index in [2.05, 4.69) is 0 Å². The van der Waals surface area contributed by atoms with E-state index < -0.39 is 57.9 Å². The highest BCUT2D eigenvalue weighted by atomic mass is 31.2. The summed E-state index contributed by atoms with van der Waals surface area (Å²) in [5.41, 5.74) is 0. The first-order valence-electron chi connectivity index (χ1n) is 6.08. The molecule has 0 aliphatic carbocycles. The number of hydrogen-bond donors (Lipinski definition) is 2. The van der Waals surface area contributed by atoms with E-state index in [0.717, 1.165) is 0 Å². The molecular formula is C10H18F6NO3P. The summed E-state index contributed by atoms with van der Waals surface area (Å²) in [5, 5.41) is 0. The van der Waals surface area contributed by atoms with Crippen molar-refractivity contribution in [2.24, 2.45) is 5.92 Å². The van der Waals surface area contributed by atoms with Crippen LogP contribution in [0.25, 0.3) is 0 Å². The maximum absolute atomic E-state index is 12.3. The monoisotopic (exact) mass is 345 g/mol. The van der Waals surface area contributed by atoms with Crippen LogP contribution in [0.3, 0.4) is 0 Å². The van der Waals surface area contributed by atoms with Crippen LogP contribution in [0.1, 0.15) is 33.1 Å². The summed E-state index contributed by atoms with van der Waals surface area (Å²) in [7, 11) is -4.72. The van der Waals surface area contributed by atoms with Gasteiger partial charge in [-0.15, -0.1) is 0 Å². The van der Waals surface area contributed by atoms with Crippen molar-refractivity contribution in [1.82, 2.24) is 4.67 Å². The van der Waals surface area contributed by atoms with Gasteiger partial charge in [-0.3, -0.25) is 0 Å². The summed E-state index contributed by atoms with van der Waals surface area (Å²) >= 11 is 0. The number of alkyl halides is 6. The van der Waals surface area contributed by atoms with Crippen LogP contribution in [0, 0.1) is 5.92 Å². The Morgan fingerprint density at radius 3 is 1.62 bits per heavy atom. The molecule has 0 bridgehead atoms. The molecule has 0 heterocycles. The van der Waals surface area contributed by atoms with Gasteiger partial charge in [-0.25, -0.2) is 9.24 Å². The summed E-state index contributed by atoms with van der Waals surface area (Å²) in [5.74, 6) is -1.77. The van der Waals surface area contributed by atoms with Gasteiger partial charge in [-0.2, -0.15) is 26.3 Å². The summed E-state index contributed by atoms with van der Waals surface area (Å²) in [6.07, 6.45) is -13.4. The SMILES string of the molecule is CC(C)N(CCC(CC(F)(F)F)CC(F)(F)F)P(=O)(O)O. The van der Waals surface area contributed by atoms with Crippen LogP contribution in [0.15, 0.2) is 0 Å². The molecule has 0 aromatic heterocycles. The molecule has 0 aromatic rings. The number of nitrogens with zero attached hydrogens (tertiary/aromatic N) is 1. The van der Waals surface area contributed by atoms with Crippen LogP contribution in [0.2, 0.25) is 0 Å². The normalized spacial score (nSPS) is 14.5. The predicted molar refractivity (Wildman–Crippen MR) is 63.3 cm³/mol. The zero-order chi connectivity index (χ0) is 17.1. The van der Waals surface area contributed by atoms with E-state index in [1.165, 1.54) is 13.8 Å². The van der Waals surface area contributed by atoms with E-state index in [4.69, 9.17) is 9.79 Å². The van der Waals surface area contributed by atoms with Gasteiger partial charge in [-0.05, 0) is 26.2 Å².